The summed E-state index contributed by atoms with van der Waals surface area (Å²) in [6.07, 6.45) is 0. The first-order chi connectivity index (χ1) is 14.5. The molecule has 4 aromatic rings. The Hall–Kier alpha value is -3.45. The number of anilines is 1. The number of ether oxygens (including phenoxy) is 1. The number of amides is 1. The number of hydrogen-bond acceptors (Lipinski definition) is 6. The van der Waals surface area contributed by atoms with E-state index in [1.165, 1.54) is 0 Å². The van der Waals surface area contributed by atoms with Crippen molar-refractivity contribution in [3.8, 4) is 17.2 Å². The maximum Gasteiger partial charge on any atom is 0.255 e. The topological polar surface area (TPSA) is 77.2 Å². The van der Waals surface area contributed by atoms with Crippen molar-refractivity contribution in [3.05, 3.63) is 81.6 Å². The quantitative estimate of drug-likeness (QED) is 0.443. The van der Waals surface area contributed by atoms with Crippen molar-refractivity contribution in [1.29, 1.82) is 0 Å². The second-order valence-corrected chi connectivity index (χ2v) is 7.93. The minimum atomic E-state index is -0.200. The third kappa shape index (κ3) is 4.58. The highest BCUT2D eigenvalue weighted by Gasteiger charge is 2.11. The summed E-state index contributed by atoms with van der Waals surface area (Å²) in [5.74, 6) is 1.81. The molecule has 0 aliphatic carbocycles. The maximum atomic E-state index is 12.6. The molecule has 0 atom stereocenters. The lowest BCUT2D eigenvalue weighted by Crippen LogP contribution is -2.11. The lowest BCUT2D eigenvalue weighted by Gasteiger charge is -2.08. The van der Waals surface area contributed by atoms with Gasteiger partial charge in [0.05, 0.1) is 16.4 Å². The minimum absolute atomic E-state index is 0.200. The Morgan fingerprint density at radius 2 is 1.90 bits per heavy atom. The summed E-state index contributed by atoms with van der Waals surface area (Å²) < 4.78 is 11.4. The summed E-state index contributed by atoms with van der Waals surface area (Å²) in [6.45, 7) is 6.15. The molecule has 0 unspecified atom stereocenters. The molecule has 0 bridgehead atoms. The van der Waals surface area contributed by atoms with E-state index >= 15 is 0 Å². The number of thiazole rings is 1. The normalized spacial score (nSPS) is 10.8. The van der Waals surface area contributed by atoms with Crippen LogP contribution < -0.4 is 10.1 Å². The fraction of sp³-hybridized carbons (Fsp3) is 0.174. The average molecular weight is 420 g/mol. The molecule has 6 nitrogen and oxygen atoms in total. The van der Waals surface area contributed by atoms with Gasteiger partial charge < -0.3 is 14.5 Å². The Labute approximate surface area is 178 Å². The van der Waals surface area contributed by atoms with Crippen LogP contribution in [0.5, 0.6) is 5.75 Å². The van der Waals surface area contributed by atoms with Crippen LogP contribution in [-0.2, 0) is 6.61 Å². The van der Waals surface area contributed by atoms with Crippen LogP contribution in [0.1, 0.15) is 32.5 Å². The van der Waals surface area contributed by atoms with Crippen LogP contribution in [0.3, 0.4) is 0 Å². The molecule has 7 heteroatoms. The minimum Gasteiger partial charge on any atom is -0.487 e. The van der Waals surface area contributed by atoms with Crippen molar-refractivity contribution in [2.45, 2.75) is 27.4 Å². The molecule has 2 heterocycles. The van der Waals surface area contributed by atoms with E-state index in [1.54, 1.807) is 35.6 Å². The SMILES string of the molecule is Cc1nc(COc2ccc(C(=O)Nc3cccc(-c4nc(C)c(C)o4)c3)cc2)cs1. The molecule has 0 saturated heterocycles. The van der Waals surface area contributed by atoms with Crippen molar-refractivity contribution < 1.29 is 13.9 Å². The number of aromatic nitrogens is 2. The van der Waals surface area contributed by atoms with Gasteiger partial charge in [-0.3, -0.25) is 4.79 Å². The number of benzene rings is 2. The van der Waals surface area contributed by atoms with Crippen LogP contribution in [0.15, 0.2) is 58.3 Å². The molecule has 4 rings (SSSR count). The number of oxazole rings is 1. The summed E-state index contributed by atoms with van der Waals surface area (Å²) in [5, 5.41) is 5.90. The molecule has 1 amide bonds. The van der Waals surface area contributed by atoms with Crippen LogP contribution in [0.4, 0.5) is 5.69 Å². The average Bonchev–Trinajstić information content (AvgIpc) is 3.32. The number of nitrogens with one attached hydrogen (secondary N) is 1. The first-order valence-electron chi connectivity index (χ1n) is 9.47. The van der Waals surface area contributed by atoms with Gasteiger partial charge in [0.15, 0.2) is 0 Å². The van der Waals surface area contributed by atoms with Gasteiger partial charge in [-0.25, -0.2) is 9.97 Å². The van der Waals surface area contributed by atoms with Crippen molar-refractivity contribution in [3.63, 3.8) is 0 Å². The number of aryl methyl sites for hydroxylation is 3. The summed E-state index contributed by atoms with van der Waals surface area (Å²) in [5.41, 5.74) is 3.78. The van der Waals surface area contributed by atoms with E-state index in [9.17, 15) is 4.79 Å². The van der Waals surface area contributed by atoms with Gasteiger partial charge in [-0.1, -0.05) is 6.07 Å². The van der Waals surface area contributed by atoms with Crippen LogP contribution in [-0.4, -0.2) is 15.9 Å². The fourth-order valence-corrected chi connectivity index (χ4v) is 3.46. The van der Waals surface area contributed by atoms with Crippen LogP contribution >= 0.6 is 11.3 Å². The second kappa shape index (κ2) is 8.51. The Morgan fingerprint density at radius 3 is 2.57 bits per heavy atom. The van der Waals surface area contributed by atoms with E-state index in [2.05, 4.69) is 15.3 Å². The Balaban J connectivity index is 1.40. The van der Waals surface area contributed by atoms with E-state index in [0.717, 1.165) is 27.7 Å². The molecule has 30 heavy (non-hydrogen) atoms. The van der Waals surface area contributed by atoms with Gasteiger partial charge >= 0.3 is 0 Å². The third-order valence-electron chi connectivity index (χ3n) is 4.57. The molecular weight excluding hydrogens is 398 g/mol. The summed E-state index contributed by atoms with van der Waals surface area (Å²) in [6, 6.07) is 14.5. The van der Waals surface area contributed by atoms with Crippen molar-refractivity contribution in [1.82, 2.24) is 9.97 Å². The molecule has 0 fully saturated rings. The number of carbonyl (C=O) groups is 1. The number of hydrogen-bond donors (Lipinski definition) is 1. The number of nitrogens with zero attached hydrogens (tertiary/aromatic N) is 2. The largest absolute Gasteiger partial charge is 0.487 e. The predicted molar refractivity (Wildman–Crippen MR) is 117 cm³/mol. The molecule has 0 aliphatic rings. The van der Waals surface area contributed by atoms with Crippen molar-refractivity contribution in [2.24, 2.45) is 0 Å². The van der Waals surface area contributed by atoms with E-state index in [4.69, 9.17) is 9.15 Å². The van der Waals surface area contributed by atoms with Gasteiger partial charge in [-0.15, -0.1) is 11.3 Å². The number of carbonyl (C=O) groups excluding carboxylic acids is 1. The first-order valence-corrected chi connectivity index (χ1v) is 10.4. The standard InChI is InChI=1S/C23H21N3O3S/c1-14-15(2)29-23(24-14)18-5-4-6-19(11-18)26-22(27)17-7-9-21(10-8-17)28-12-20-13-30-16(3)25-20/h4-11,13H,12H2,1-3H3,(H,26,27). The second-order valence-electron chi connectivity index (χ2n) is 6.87. The summed E-state index contributed by atoms with van der Waals surface area (Å²) in [7, 11) is 0. The first kappa shape index (κ1) is 19.8. The fourth-order valence-electron chi connectivity index (χ4n) is 2.86. The van der Waals surface area contributed by atoms with E-state index in [0.29, 0.717) is 29.5 Å². The zero-order valence-corrected chi connectivity index (χ0v) is 17.7. The van der Waals surface area contributed by atoms with Gasteiger partial charge in [0, 0.05) is 22.2 Å². The van der Waals surface area contributed by atoms with Gasteiger partial charge in [-0.05, 0) is 63.2 Å². The maximum absolute atomic E-state index is 12.6. The van der Waals surface area contributed by atoms with E-state index in [1.807, 2.05) is 50.4 Å². The summed E-state index contributed by atoms with van der Waals surface area (Å²) >= 11 is 1.59. The zero-order valence-electron chi connectivity index (χ0n) is 16.9. The Bertz CT molecular complexity index is 1160. The van der Waals surface area contributed by atoms with Gasteiger partial charge in [-0.2, -0.15) is 0 Å². The van der Waals surface area contributed by atoms with Crippen LogP contribution in [0, 0.1) is 20.8 Å². The molecule has 2 aromatic carbocycles. The molecule has 0 aliphatic heterocycles. The van der Waals surface area contributed by atoms with Crippen LogP contribution in [0.25, 0.3) is 11.5 Å². The lowest BCUT2D eigenvalue weighted by molar-refractivity contribution is 0.102. The molecule has 2 aromatic heterocycles. The number of rotatable bonds is 6. The highest BCUT2D eigenvalue weighted by atomic mass is 32.1. The van der Waals surface area contributed by atoms with E-state index in [-0.39, 0.29) is 5.91 Å². The highest BCUT2D eigenvalue weighted by molar-refractivity contribution is 7.09. The molecule has 0 spiro atoms. The zero-order chi connectivity index (χ0) is 21.1. The Morgan fingerprint density at radius 1 is 1.10 bits per heavy atom. The molecule has 1 N–H and O–H groups in total. The monoisotopic (exact) mass is 419 g/mol. The Kier molecular flexibility index (Phi) is 5.63. The molecular formula is C23H21N3O3S. The molecule has 152 valence electrons. The van der Waals surface area contributed by atoms with Gasteiger partial charge in [0.1, 0.15) is 18.1 Å². The third-order valence-corrected chi connectivity index (χ3v) is 5.39. The summed E-state index contributed by atoms with van der Waals surface area (Å²) in [4.78, 5) is 21.4. The van der Waals surface area contributed by atoms with Crippen LogP contribution in [0.2, 0.25) is 0 Å². The van der Waals surface area contributed by atoms with E-state index < -0.39 is 0 Å². The molecule has 0 radical (unpaired) electrons. The van der Waals surface area contributed by atoms with Crippen molar-refractivity contribution in [2.75, 3.05) is 5.32 Å². The van der Waals surface area contributed by atoms with Gasteiger partial charge in [0.2, 0.25) is 5.89 Å². The van der Waals surface area contributed by atoms with Crippen molar-refractivity contribution >= 4 is 22.9 Å². The lowest BCUT2D eigenvalue weighted by atomic mass is 10.1. The smallest absolute Gasteiger partial charge is 0.255 e. The van der Waals surface area contributed by atoms with Gasteiger partial charge in [0.25, 0.3) is 5.91 Å². The highest BCUT2D eigenvalue weighted by Crippen LogP contribution is 2.24. The molecule has 0 saturated carbocycles. The predicted octanol–water partition coefficient (Wildman–Crippen LogP) is 5.55.